The molecule has 0 amide bonds. The first-order chi connectivity index (χ1) is 15.7. The molecule has 5 heteroatoms. The maximum Gasteiger partial charge on any atom is 0.335 e. The molecule has 5 nitrogen and oxygen atoms in total. The van der Waals surface area contributed by atoms with Crippen LogP contribution < -0.4 is 0 Å². The molecule has 3 unspecified atom stereocenters. The smallest absolute Gasteiger partial charge is 0.335 e. The summed E-state index contributed by atoms with van der Waals surface area (Å²) in [5.74, 6) is 1.48. The van der Waals surface area contributed by atoms with E-state index in [4.69, 9.17) is 4.74 Å². The normalized spacial score (nSPS) is 45.5. The molecule has 1 heterocycles. The molecule has 3 aliphatic carbocycles. The van der Waals surface area contributed by atoms with Gasteiger partial charge in [-0.1, -0.05) is 32.9 Å². The van der Waals surface area contributed by atoms with Gasteiger partial charge in [-0.05, 0) is 96.1 Å². The van der Waals surface area contributed by atoms with Crippen molar-refractivity contribution >= 4 is 5.97 Å². The summed E-state index contributed by atoms with van der Waals surface area (Å²) in [6.07, 6.45) is 4.97. The van der Waals surface area contributed by atoms with E-state index in [-0.39, 0.29) is 41.3 Å². The highest BCUT2D eigenvalue weighted by Crippen LogP contribution is 2.69. The lowest BCUT2D eigenvalue weighted by molar-refractivity contribution is -0.198. The molecule has 0 spiro atoms. The molecule has 4 fully saturated rings. The van der Waals surface area contributed by atoms with Crippen LogP contribution in [0.3, 0.4) is 0 Å². The van der Waals surface area contributed by atoms with Crippen molar-refractivity contribution in [3.05, 3.63) is 35.4 Å². The molecule has 4 aliphatic rings. The summed E-state index contributed by atoms with van der Waals surface area (Å²) in [6.45, 7) is 8.55. The Morgan fingerprint density at radius 2 is 1.97 bits per heavy atom. The molecular weight excluding hydrogens is 416 g/mol. The van der Waals surface area contributed by atoms with Crippen LogP contribution in [0.4, 0.5) is 0 Å². The maximum absolute atomic E-state index is 11.7. The van der Waals surface area contributed by atoms with Crippen molar-refractivity contribution in [3.63, 3.8) is 0 Å². The summed E-state index contributed by atoms with van der Waals surface area (Å²) < 4.78 is 6.08. The van der Waals surface area contributed by atoms with Gasteiger partial charge in [-0.15, -0.1) is 0 Å². The number of carboxylic acids is 1. The minimum Gasteiger partial charge on any atom is -0.478 e. The zero-order chi connectivity index (χ0) is 23.5. The summed E-state index contributed by atoms with van der Waals surface area (Å²) in [7, 11) is 0. The van der Waals surface area contributed by atoms with Crippen LogP contribution in [-0.4, -0.2) is 47.2 Å². The quantitative estimate of drug-likeness (QED) is 0.618. The molecule has 0 aromatic heterocycles. The molecule has 33 heavy (non-hydrogen) atoms. The third kappa shape index (κ3) is 3.41. The monoisotopic (exact) mass is 456 g/mol. The minimum atomic E-state index is -0.893. The van der Waals surface area contributed by atoms with Crippen LogP contribution >= 0.6 is 0 Å². The van der Waals surface area contributed by atoms with Crippen molar-refractivity contribution in [1.29, 1.82) is 0 Å². The van der Waals surface area contributed by atoms with Crippen molar-refractivity contribution in [2.75, 3.05) is 19.8 Å². The minimum absolute atomic E-state index is 0.0265. The van der Waals surface area contributed by atoms with Crippen LogP contribution in [0.25, 0.3) is 0 Å². The zero-order valence-electron chi connectivity index (χ0n) is 20.2. The topological polar surface area (TPSA) is 87.0 Å². The van der Waals surface area contributed by atoms with E-state index in [9.17, 15) is 20.1 Å². The number of benzene rings is 1. The van der Waals surface area contributed by atoms with Crippen molar-refractivity contribution in [1.82, 2.24) is 0 Å². The fourth-order valence-corrected chi connectivity index (χ4v) is 9.21. The molecule has 0 bridgehead atoms. The molecule has 5 rings (SSSR count). The number of fused-ring (bicyclic) bond motifs is 5. The van der Waals surface area contributed by atoms with Crippen molar-refractivity contribution in [3.8, 4) is 0 Å². The highest BCUT2D eigenvalue weighted by atomic mass is 16.5. The average Bonchev–Trinajstić information content (AvgIpc) is 3.16. The van der Waals surface area contributed by atoms with E-state index in [0.717, 1.165) is 37.7 Å². The van der Waals surface area contributed by atoms with Crippen molar-refractivity contribution < 1.29 is 24.9 Å². The first-order valence-electron chi connectivity index (χ1n) is 12.9. The van der Waals surface area contributed by atoms with Gasteiger partial charge >= 0.3 is 5.97 Å². The summed E-state index contributed by atoms with van der Waals surface area (Å²) >= 11 is 0. The number of aromatic carboxylic acids is 1. The van der Waals surface area contributed by atoms with Crippen LogP contribution in [0.2, 0.25) is 0 Å². The van der Waals surface area contributed by atoms with E-state index >= 15 is 0 Å². The third-order valence-corrected chi connectivity index (χ3v) is 10.9. The molecule has 182 valence electrons. The Morgan fingerprint density at radius 3 is 2.70 bits per heavy atom. The molecule has 1 aliphatic heterocycles. The Bertz CT molecular complexity index is 900. The lowest BCUT2D eigenvalue weighted by Crippen LogP contribution is -2.61. The van der Waals surface area contributed by atoms with Gasteiger partial charge in [-0.25, -0.2) is 4.79 Å². The fourth-order valence-electron chi connectivity index (χ4n) is 9.21. The largest absolute Gasteiger partial charge is 0.478 e. The second-order valence-electron chi connectivity index (χ2n) is 12.1. The zero-order valence-corrected chi connectivity index (χ0v) is 20.2. The first-order valence-corrected chi connectivity index (χ1v) is 12.9. The van der Waals surface area contributed by atoms with E-state index < -0.39 is 5.97 Å². The van der Waals surface area contributed by atoms with Crippen molar-refractivity contribution in [2.24, 2.45) is 46.3 Å². The summed E-state index contributed by atoms with van der Waals surface area (Å²) in [6, 6.07) is 7.42. The van der Waals surface area contributed by atoms with Crippen LogP contribution in [0.5, 0.6) is 0 Å². The molecule has 10 atom stereocenters. The van der Waals surface area contributed by atoms with Crippen LogP contribution in [-0.2, 0) is 4.74 Å². The van der Waals surface area contributed by atoms with Crippen molar-refractivity contribution in [2.45, 2.75) is 64.9 Å². The number of carbonyl (C=O) groups is 1. The number of aliphatic hydroxyl groups excluding tert-OH is 2. The Labute approximate surface area is 197 Å². The number of ether oxygens (including phenoxy) is 1. The Hall–Kier alpha value is -1.43. The van der Waals surface area contributed by atoms with Gasteiger partial charge in [-0.3, -0.25) is 0 Å². The number of hydrogen-bond donors (Lipinski definition) is 3. The van der Waals surface area contributed by atoms with Gasteiger partial charge < -0.3 is 20.1 Å². The van der Waals surface area contributed by atoms with Gasteiger partial charge in [0.05, 0.1) is 24.9 Å². The number of hydrogen-bond acceptors (Lipinski definition) is 4. The Balaban J connectivity index is 1.52. The molecule has 0 radical (unpaired) electrons. The van der Waals surface area contributed by atoms with Gasteiger partial charge in [0.2, 0.25) is 0 Å². The summed E-state index contributed by atoms with van der Waals surface area (Å²) in [5, 5.41) is 31.0. The standard InChI is InChI=1S/C28H40O5/c1-16(13-29)20-7-8-21-25-22(9-10-27(20,21)2)28(3)19(12-24(25)30)14-33-15-23(28)17-5-4-6-18(11-17)26(31)32/h4-6,11,16,19-25,29-30H,7-10,12-15H2,1-3H3,(H,31,32)/t16-,19?,20-,21+,22+,23?,24?,25+,27-,28+/m1/s1. The average molecular weight is 457 g/mol. The van der Waals surface area contributed by atoms with E-state index in [0.29, 0.717) is 42.4 Å². The van der Waals surface area contributed by atoms with Gasteiger partial charge in [0.25, 0.3) is 0 Å². The van der Waals surface area contributed by atoms with E-state index in [2.05, 4.69) is 26.8 Å². The maximum atomic E-state index is 11.7. The highest BCUT2D eigenvalue weighted by molar-refractivity contribution is 5.87. The molecular formula is C28H40O5. The van der Waals surface area contributed by atoms with Crippen LogP contribution in [0.1, 0.15) is 74.7 Å². The first kappa shape index (κ1) is 23.3. The van der Waals surface area contributed by atoms with E-state index in [1.165, 1.54) is 0 Å². The molecule has 1 saturated heterocycles. The Kier molecular flexibility index (Phi) is 5.90. The molecule has 3 saturated carbocycles. The van der Waals surface area contributed by atoms with E-state index in [1.54, 1.807) is 6.07 Å². The SMILES string of the molecule is C[C@H](CO)[C@H]1CC[C@H]2[C@@H]3C(O)CC4COCC(c5cccc(C(=O)O)c5)[C@]4(C)[C@H]3CC[C@]12C. The molecule has 1 aromatic carbocycles. The van der Waals surface area contributed by atoms with Gasteiger partial charge in [0.1, 0.15) is 0 Å². The fraction of sp³-hybridized carbons (Fsp3) is 0.750. The van der Waals surface area contributed by atoms with E-state index in [1.807, 2.05) is 12.1 Å². The summed E-state index contributed by atoms with van der Waals surface area (Å²) in [4.78, 5) is 11.7. The highest BCUT2D eigenvalue weighted by Gasteiger charge is 2.64. The number of aliphatic hydroxyl groups is 2. The Morgan fingerprint density at radius 1 is 1.18 bits per heavy atom. The molecule has 1 aromatic rings. The lowest BCUT2D eigenvalue weighted by Gasteiger charge is -2.64. The predicted molar refractivity (Wildman–Crippen MR) is 126 cm³/mol. The second kappa shape index (κ2) is 8.35. The predicted octanol–water partition coefficient (Wildman–Crippen LogP) is 4.57. The van der Waals surface area contributed by atoms with Crippen LogP contribution in [0, 0.1) is 46.3 Å². The lowest BCUT2D eigenvalue weighted by atomic mass is 9.43. The van der Waals surface area contributed by atoms with Gasteiger partial charge in [-0.2, -0.15) is 0 Å². The molecule has 3 N–H and O–H groups in total. The van der Waals surface area contributed by atoms with Crippen LogP contribution in [0.15, 0.2) is 24.3 Å². The second-order valence-corrected chi connectivity index (χ2v) is 12.1. The van der Waals surface area contributed by atoms with Gasteiger partial charge in [0.15, 0.2) is 0 Å². The summed E-state index contributed by atoms with van der Waals surface area (Å²) in [5.41, 5.74) is 1.54. The van der Waals surface area contributed by atoms with Gasteiger partial charge in [0, 0.05) is 12.5 Å². The number of carboxylic acid groups (broad SMARTS) is 1. The number of rotatable bonds is 4. The third-order valence-electron chi connectivity index (χ3n) is 10.9.